The fourth-order valence-corrected chi connectivity index (χ4v) is 2.93. The zero-order valence-corrected chi connectivity index (χ0v) is 11.9. The van der Waals surface area contributed by atoms with Gasteiger partial charge in [0.05, 0.1) is 5.92 Å². The van der Waals surface area contributed by atoms with Gasteiger partial charge in [0.25, 0.3) is 5.91 Å². The summed E-state index contributed by atoms with van der Waals surface area (Å²) < 4.78 is 0. The van der Waals surface area contributed by atoms with Gasteiger partial charge in [-0.25, -0.2) is 0 Å². The van der Waals surface area contributed by atoms with E-state index in [9.17, 15) is 14.7 Å². The molecule has 1 aromatic carbocycles. The van der Waals surface area contributed by atoms with Crippen molar-refractivity contribution in [2.45, 2.75) is 5.92 Å². The van der Waals surface area contributed by atoms with Gasteiger partial charge in [-0.3, -0.25) is 14.6 Å². The number of benzene rings is 1. The summed E-state index contributed by atoms with van der Waals surface area (Å²) in [5.74, 6) is -1.76. The summed E-state index contributed by atoms with van der Waals surface area (Å²) in [7, 11) is 0. The molecule has 1 saturated heterocycles. The van der Waals surface area contributed by atoms with Crippen LogP contribution in [0.1, 0.15) is 21.8 Å². The summed E-state index contributed by atoms with van der Waals surface area (Å²) in [6.45, 7) is 0.651. The maximum absolute atomic E-state index is 12.5. The maximum Gasteiger partial charge on any atom is 0.308 e. The van der Waals surface area contributed by atoms with Gasteiger partial charge in [-0.15, -0.1) is 0 Å². The van der Waals surface area contributed by atoms with Crippen molar-refractivity contribution >= 4 is 11.9 Å². The molecule has 0 bridgehead atoms. The summed E-state index contributed by atoms with van der Waals surface area (Å²) in [4.78, 5) is 29.6. The molecule has 1 fully saturated rings. The first kappa shape index (κ1) is 14.3. The van der Waals surface area contributed by atoms with Crippen LogP contribution in [0, 0.1) is 5.92 Å². The number of amides is 1. The van der Waals surface area contributed by atoms with Gasteiger partial charge in [-0.05, 0) is 17.7 Å². The Morgan fingerprint density at radius 3 is 2.36 bits per heavy atom. The largest absolute Gasteiger partial charge is 0.481 e. The fraction of sp³-hybridized carbons (Fsp3) is 0.235. The lowest BCUT2D eigenvalue weighted by molar-refractivity contribution is -0.141. The topological polar surface area (TPSA) is 70.5 Å². The van der Waals surface area contributed by atoms with Gasteiger partial charge in [0, 0.05) is 37.0 Å². The second-order valence-electron chi connectivity index (χ2n) is 5.41. The van der Waals surface area contributed by atoms with Gasteiger partial charge < -0.3 is 10.0 Å². The number of hydrogen-bond acceptors (Lipinski definition) is 3. The number of carboxylic acid groups (broad SMARTS) is 1. The maximum atomic E-state index is 12.5. The van der Waals surface area contributed by atoms with Crippen molar-refractivity contribution in [3.63, 3.8) is 0 Å². The molecule has 1 aliphatic rings. The molecule has 0 aliphatic carbocycles. The minimum atomic E-state index is -0.862. The number of aliphatic carboxylic acids is 1. The monoisotopic (exact) mass is 296 g/mol. The number of likely N-dealkylation sites (tertiary alicyclic amines) is 1. The molecule has 3 rings (SSSR count). The van der Waals surface area contributed by atoms with E-state index in [-0.39, 0.29) is 18.4 Å². The summed E-state index contributed by atoms with van der Waals surface area (Å²) in [6, 6.07) is 12.8. The molecule has 2 heterocycles. The minimum Gasteiger partial charge on any atom is -0.481 e. The molecule has 0 spiro atoms. The van der Waals surface area contributed by atoms with Crippen LogP contribution in [0.3, 0.4) is 0 Å². The van der Waals surface area contributed by atoms with E-state index < -0.39 is 11.9 Å². The van der Waals surface area contributed by atoms with Crippen LogP contribution in [0.15, 0.2) is 54.9 Å². The smallest absolute Gasteiger partial charge is 0.308 e. The quantitative estimate of drug-likeness (QED) is 0.940. The second-order valence-corrected chi connectivity index (χ2v) is 5.41. The number of carboxylic acids is 1. The van der Waals surface area contributed by atoms with Gasteiger partial charge in [0.15, 0.2) is 0 Å². The molecule has 112 valence electrons. The zero-order chi connectivity index (χ0) is 15.5. The normalized spacial score (nSPS) is 20.8. The van der Waals surface area contributed by atoms with Gasteiger partial charge in [0.2, 0.25) is 0 Å². The van der Waals surface area contributed by atoms with Gasteiger partial charge in [-0.2, -0.15) is 0 Å². The SMILES string of the molecule is O=C(O)[C@@H]1CN(C(=O)c2ccncc2)C[C@H]1c1ccccc1. The molecule has 1 aromatic heterocycles. The Hall–Kier alpha value is -2.69. The Balaban J connectivity index is 1.85. The standard InChI is InChI=1S/C17H16N2O3/c20-16(13-6-8-18-9-7-13)19-10-14(15(11-19)17(21)22)12-4-2-1-3-5-12/h1-9,14-15H,10-11H2,(H,21,22)/t14-,15+/m0/s1. The van der Waals surface area contributed by atoms with Gasteiger partial charge in [-0.1, -0.05) is 30.3 Å². The van der Waals surface area contributed by atoms with Crippen molar-refractivity contribution in [1.82, 2.24) is 9.88 Å². The molecule has 0 unspecified atom stereocenters. The van der Waals surface area contributed by atoms with Crippen LogP contribution < -0.4 is 0 Å². The van der Waals surface area contributed by atoms with Crippen LogP contribution in [0.2, 0.25) is 0 Å². The molecule has 1 amide bonds. The molecule has 2 atom stereocenters. The highest BCUT2D eigenvalue weighted by atomic mass is 16.4. The van der Waals surface area contributed by atoms with E-state index in [1.165, 1.54) is 0 Å². The first-order valence-electron chi connectivity index (χ1n) is 7.14. The van der Waals surface area contributed by atoms with Gasteiger partial charge >= 0.3 is 5.97 Å². The number of carbonyl (C=O) groups excluding carboxylic acids is 1. The molecule has 1 aliphatic heterocycles. The van der Waals surface area contributed by atoms with Gasteiger partial charge in [0.1, 0.15) is 0 Å². The number of carbonyl (C=O) groups is 2. The lowest BCUT2D eigenvalue weighted by atomic mass is 9.89. The van der Waals surface area contributed by atoms with Crippen molar-refractivity contribution < 1.29 is 14.7 Å². The first-order valence-corrected chi connectivity index (χ1v) is 7.14. The van der Waals surface area contributed by atoms with Crippen molar-refractivity contribution in [3.05, 3.63) is 66.0 Å². The third-order valence-corrected chi connectivity index (χ3v) is 4.08. The number of hydrogen-bond donors (Lipinski definition) is 1. The molecule has 1 N–H and O–H groups in total. The van der Waals surface area contributed by atoms with Crippen LogP contribution >= 0.6 is 0 Å². The molecular weight excluding hydrogens is 280 g/mol. The molecule has 0 radical (unpaired) electrons. The Labute approximate surface area is 128 Å². The lowest BCUT2D eigenvalue weighted by Gasteiger charge is -2.16. The summed E-state index contributed by atoms with van der Waals surface area (Å²) in [5.41, 5.74) is 1.49. The van der Waals surface area contributed by atoms with E-state index in [1.807, 2.05) is 30.3 Å². The van der Waals surface area contributed by atoms with Crippen molar-refractivity contribution in [3.8, 4) is 0 Å². The molecule has 2 aromatic rings. The predicted molar refractivity (Wildman–Crippen MR) is 80.4 cm³/mol. The highest BCUT2D eigenvalue weighted by Crippen LogP contribution is 2.33. The summed E-state index contributed by atoms with van der Waals surface area (Å²) >= 11 is 0. The number of nitrogens with zero attached hydrogens (tertiary/aromatic N) is 2. The van der Waals surface area contributed by atoms with E-state index in [0.717, 1.165) is 5.56 Å². The molecule has 5 heteroatoms. The third kappa shape index (κ3) is 2.70. The molecular formula is C17H16N2O3. The Bertz CT molecular complexity index is 673. The molecule has 0 saturated carbocycles. The zero-order valence-electron chi connectivity index (χ0n) is 11.9. The highest BCUT2D eigenvalue weighted by molar-refractivity contribution is 5.94. The number of aromatic nitrogens is 1. The fourth-order valence-electron chi connectivity index (χ4n) is 2.93. The third-order valence-electron chi connectivity index (χ3n) is 4.08. The predicted octanol–water partition coefficient (Wildman–Crippen LogP) is 2.02. The van der Waals surface area contributed by atoms with Crippen LogP contribution in [-0.2, 0) is 4.79 Å². The second kappa shape index (κ2) is 5.97. The molecule has 5 nitrogen and oxygen atoms in total. The first-order chi connectivity index (χ1) is 10.7. The Morgan fingerprint density at radius 2 is 1.73 bits per heavy atom. The number of pyridine rings is 1. The number of rotatable bonds is 3. The van der Waals surface area contributed by atoms with Crippen molar-refractivity contribution in [1.29, 1.82) is 0 Å². The van der Waals surface area contributed by atoms with Crippen molar-refractivity contribution in [2.24, 2.45) is 5.92 Å². The van der Waals surface area contributed by atoms with Crippen molar-refractivity contribution in [2.75, 3.05) is 13.1 Å². The average molecular weight is 296 g/mol. The Morgan fingerprint density at radius 1 is 1.05 bits per heavy atom. The summed E-state index contributed by atoms with van der Waals surface area (Å²) in [5, 5.41) is 9.47. The van der Waals surface area contributed by atoms with Crippen LogP contribution in [0.25, 0.3) is 0 Å². The highest BCUT2D eigenvalue weighted by Gasteiger charge is 2.40. The summed E-state index contributed by atoms with van der Waals surface area (Å²) in [6.07, 6.45) is 3.12. The Kier molecular flexibility index (Phi) is 3.87. The van der Waals surface area contributed by atoms with E-state index in [0.29, 0.717) is 12.1 Å². The van der Waals surface area contributed by atoms with E-state index in [4.69, 9.17) is 0 Å². The van der Waals surface area contributed by atoms with Crippen LogP contribution in [0.4, 0.5) is 0 Å². The van der Waals surface area contributed by atoms with Crippen LogP contribution in [-0.4, -0.2) is 40.0 Å². The average Bonchev–Trinajstić information content (AvgIpc) is 3.01. The van der Waals surface area contributed by atoms with E-state index >= 15 is 0 Å². The van der Waals surface area contributed by atoms with E-state index in [1.54, 1.807) is 29.4 Å². The van der Waals surface area contributed by atoms with Crippen LogP contribution in [0.5, 0.6) is 0 Å². The van der Waals surface area contributed by atoms with E-state index in [2.05, 4.69) is 4.98 Å². The minimum absolute atomic E-state index is 0.146. The molecule has 22 heavy (non-hydrogen) atoms. The lowest BCUT2D eigenvalue weighted by Crippen LogP contribution is -2.29.